The largest absolute Gasteiger partial charge is 0.411 e. The third-order valence-electron chi connectivity index (χ3n) is 1.97. The third-order valence-corrected chi connectivity index (χ3v) is 1.97. The van der Waals surface area contributed by atoms with E-state index >= 15 is 0 Å². The summed E-state index contributed by atoms with van der Waals surface area (Å²) in [5, 5.41) is 22.6. The van der Waals surface area contributed by atoms with E-state index in [4.69, 9.17) is 5.21 Å². The van der Waals surface area contributed by atoms with Crippen molar-refractivity contribution in [3.05, 3.63) is 0 Å². The van der Waals surface area contributed by atoms with Crippen molar-refractivity contribution in [1.29, 1.82) is 0 Å². The van der Waals surface area contributed by atoms with Crippen molar-refractivity contribution < 1.29 is 10.4 Å². The molecule has 0 fully saturated rings. The summed E-state index contributed by atoms with van der Waals surface area (Å²) in [4.78, 5) is 0. The first kappa shape index (κ1) is 12.4. The van der Waals surface area contributed by atoms with Gasteiger partial charge in [0, 0.05) is 18.0 Å². The van der Waals surface area contributed by atoms with Crippen molar-refractivity contribution in [1.82, 2.24) is 5.06 Å². The van der Waals surface area contributed by atoms with Gasteiger partial charge in [0.15, 0.2) is 0 Å². The summed E-state index contributed by atoms with van der Waals surface area (Å²) in [5.74, 6) is 0. The number of hydrogen-bond donors (Lipinski definition) is 2. The van der Waals surface area contributed by atoms with Gasteiger partial charge in [0.05, 0.1) is 5.71 Å². The molecule has 0 aromatic heterocycles. The van der Waals surface area contributed by atoms with Gasteiger partial charge in [-0.15, -0.1) is 0 Å². The van der Waals surface area contributed by atoms with Crippen LogP contribution < -0.4 is 0 Å². The molecule has 0 atom stereocenters. The van der Waals surface area contributed by atoms with Gasteiger partial charge in [-0.3, -0.25) is 0 Å². The molecule has 0 aliphatic rings. The summed E-state index contributed by atoms with van der Waals surface area (Å²) in [7, 11) is 0. The summed E-state index contributed by atoms with van der Waals surface area (Å²) in [6.45, 7) is 9.36. The smallest absolute Gasteiger partial charge is 0.0559 e. The van der Waals surface area contributed by atoms with E-state index in [9.17, 15) is 5.21 Å². The van der Waals surface area contributed by atoms with Crippen LogP contribution in [0.15, 0.2) is 5.16 Å². The van der Waals surface area contributed by atoms with Crippen LogP contribution in [0.25, 0.3) is 0 Å². The topological polar surface area (TPSA) is 56.1 Å². The fraction of sp³-hybridized carbons (Fsp3) is 0.889. The molecule has 0 aromatic carbocycles. The molecule has 0 unspecified atom stereocenters. The van der Waals surface area contributed by atoms with Gasteiger partial charge in [0.2, 0.25) is 0 Å². The van der Waals surface area contributed by atoms with Crippen LogP contribution >= 0.6 is 0 Å². The van der Waals surface area contributed by atoms with Crippen LogP contribution in [-0.2, 0) is 0 Å². The number of nitrogens with zero attached hydrogens (tertiary/aromatic N) is 2. The van der Waals surface area contributed by atoms with Gasteiger partial charge in [-0.1, -0.05) is 5.16 Å². The minimum atomic E-state index is -0.398. The molecule has 4 nitrogen and oxygen atoms in total. The van der Waals surface area contributed by atoms with Gasteiger partial charge < -0.3 is 10.4 Å². The summed E-state index contributed by atoms with van der Waals surface area (Å²) in [6.07, 6.45) is 0.540. The van der Waals surface area contributed by atoms with Gasteiger partial charge in [0.25, 0.3) is 0 Å². The molecule has 0 radical (unpaired) electrons. The summed E-state index contributed by atoms with van der Waals surface area (Å²) < 4.78 is 0. The molecule has 0 rings (SSSR count). The Morgan fingerprint density at radius 3 is 2.23 bits per heavy atom. The summed E-state index contributed by atoms with van der Waals surface area (Å²) in [6, 6.07) is 0.0569. The van der Waals surface area contributed by atoms with Crippen molar-refractivity contribution >= 4 is 5.71 Å². The molecule has 2 N–H and O–H groups in total. The van der Waals surface area contributed by atoms with E-state index in [1.54, 1.807) is 6.92 Å². The van der Waals surface area contributed by atoms with Crippen LogP contribution in [0.2, 0.25) is 0 Å². The Bertz CT molecular complexity index is 188. The van der Waals surface area contributed by atoms with Crippen LogP contribution in [0.4, 0.5) is 0 Å². The van der Waals surface area contributed by atoms with Gasteiger partial charge in [0.1, 0.15) is 0 Å². The zero-order valence-corrected chi connectivity index (χ0v) is 9.07. The third kappa shape index (κ3) is 3.74. The van der Waals surface area contributed by atoms with E-state index in [0.29, 0.717) is 12.1 Å². The maximum atomic E-state index is 9.70. The van der Waals surface area contributed by atoms with E-state index in [-0.39, 0.29) is 6.04 Å². The van der Waals surface area contributed by atoms with Crippen molar-refractivity contribution in [2.45, 2.75) is 52.6 Å². The van der Waals surface area contributed by atoms with Crippen LogP contribution in [0.3, 0.4) is 0 Å². The van der Waals surface area contributed by atoms with E-state index in [0.717, 1.165) is 0 Å². The molecular weight excluding hydrogens is 168 g/mol. The van der Waals surface area contributed by atoms with E-state index in [2.05, 4.69) is 5.16 Å². The second-order valence-corrected chi connectivity index (χ2v) is 4.26. The number of oxime groups is 1. The van der Waals surface area contributed by atoms with Crippen LogP contribution in [0.5, 0.6) is 0 Å². The Hall–Kier alpha value is -0.610. The second-order valence-electron chi connectivity index (χ2n) is 4.26. The summed E-state index contributed by atoms with van der Waals surface area (Å²) in [5.41, 5.74) is 0.217. The monoisotopic (exact) mass is 188 g/mol. The molecule has 0 aliphatic heterocycles. The van der Waals surface area contributed by atoms with E-state index in [1.165, 1.54) is 5.06 Å². The quantitative estimate of drug-likeness (QED) is 0.403. The van der Waals surface area contributed by atoms with E-state index < -0.39 is 5.54 Å². The van der Waals surface area contributed by atoms with Crippen LogP contribution in [-0.4, -0.2) is 32.8 Å². The average molecular weight is 188 g/mol. The van der Waals surface area contributed by atoms with Crippen molar-refractivity contribution in [2.75, 3.05) is 0 Å². The Morgan fingerprint density at radius 1 is 1.46 bits per heavy atom. The maximum absolute atomic E-state index is 9.70. The van der Waals surface area contributed by atoms with Gasteiger partial charge in [-0.2, -0.15) is 5.06 Å². The standard InChI is InChI=1S/C9H20N2O2/c1-7(2)11(13)9(4,5)6-8(3)10-12/h7,12-13H,6H2,1-5H3. The van der Waals surface area contributed by atoms with Crippen molar-refractivity contribution in [3.63, 3.8) is 0 Å². The van der Waals surface area contributed by atoms with Crippen LogP contribution in [0.1, 0.15) is 41.0 Å². The fourth-order valence-corrected chi connectivity index (χ4v) is 1.44. The normalized spacial score (nSPS) is 14.3. The predicted molar refractivity (Wildman–Crippen MR) is 52.4 cm³/mol. The highest BCUT2D eigenvalue weighted by molar-refractivity contribution is 5.82. The average Bonchev–Trinajstić information content (AvgIpc) is 2.01. The Balaban J connectivity index is 4.38. The lowest BCUT2D eigenvalue weighted by Gasteiger charge is -2.36. The summed E-state index contributed by atoms with van der Waals surface area (Å²) >= 11 is 0. The lowest BCUT2D eigenvalue weighted by molar-refractivity contribution is -0.182. The molecule has 0 saturated heterocycles. The minimum absolute atomic E-state index is 0.0569. The van der Waals surface area contributed by atoms with Gasteiger partial charge in [-0.05, 0) is 34.6 Å². The molecular formula is C9H20N2O2. The van der Waals surface area contributed by atoms with Crippen molar-refractivity contribution in [2.24, 2.45) is 5.16 Å². The number of hydrogen-bond acceptors (Lipinski definition) is 4. The fourth-order valence-electron chi connectivity index (χ4n) is 1.44. The molecule has 78 valence electrons. The molecule has 0 bridgehead atoms. The Morgan fingerprint density at radius 2 is 1.92 bits per heavy atom. The van der Waals surface area contributed by atoms with Crippen molar-refractivity contribution in [3.8, 4) is 0 Å². The Labute approximate surface area is 79.8 Å². The molecule has 13 heavy (non-hydrogen) atoms. The highest BCUT2D eigenvalue weighted by Crippen LogP contribution is 2.19. The second kappa shape index (κ2) is 4.58. The number of hydroxylamine groups is 2. The molecule has 0 heterocycles. The first-order chi connectivity index (χ1) is 5.81. The lowest BCUT2D eigenvalue weighted by Crippen LogP contribution is -2.46. The molecule has 0 amide bonds. The lowest BCUT2D eigenvalue weighted by atomic mass is 9.96. The molecule has 0 saturated carbocycles. The first-order valence-electron chi connectivity index (χ1n) is 4.47. The van der Waals surface area contributed by atoms with Crippen LogP contribution in [0, 0.1) is 0 Å². The first-order valence-corrected chi connectivity index (χ1v) is 4.47. The Kier molecular flexibility index (Phi) is 4.36. The highest BCUT2D eigenvalue weighted by atomic mass is 16.5. The number of rotatable bonds is 4. The molecule has 0 aromatic rings. The molecule has 0 spiro atoms. The SMILES string of the molecule is CC(CC(C)(C)N(O)C(C)C)=NO. The minimum Gasteiger partial charge on any atom is -0.411 e. The van der Waals surface area contributed by atoms with E-state index in [1.807, 2.05) is 27.7 Å². The van der Waals surface area contributed by atoms with Gasteiger partial charge in [-0.25, -0.2) is 0 Å². The van der Waals surface area contributed by atoms with Gasteiger partial charge >= 0.3 is 0 Å². The zero-order chi connectivity index (χ0) is 10.6. The molecule has 4 heteroatoms. The zero-order valence-electron chi connectivity index (χ0n) is 9.07. The highest BCUT2D eigenvalue weighted by Gasteiger charge is 2.28. The predicted octanol–water partition coefficient (Wildman–Crippen LogP) is 2.10. The maximum Gasteiger partial charge on any atom is 0.0559 e. The molecule has 0 aliphatic carbocycles.